The van der Waals surface area contributed by atoms with Gasteiger partial charge in [-0.15, -0.1) is 0 Å². The van der Waals surface area contributed by atoms with Gasteiger partial charge < -0.3 is 9.59 Å². The summed E-state index contributed by atoms with van der Waals surface area (Å²) in [5.74, 6) is 0. The van der Waals surface area contributed by atoms with Crippen LogP contribution in [0.2, 0.25) is 0 Å². The monoisotopic (exact) mass is 190 g/mol. The van der Waals surface area contributed by atoms with Gasteiger partial charge in [0, 0.05) is 0 Å². The molecule has 66 valence electrons. The van der Waals surface area contributed by atoms with Crippen molar-refractivity contribution >= 4 is 25.2 Å². The Bertz CT molecular complexity index is 421. The molecule has 3 heteroatoms. The van der Waals surface area contributed by atoms with Crippen LogP contribution < -0.4 is 5.19 Å². The predicted molar refractivity (Wildman–Crippen MR) is 55.2 cm³/mol. The lowest BCUT2D eigenvalue weighted by molar-refractivity contribution is 0.426. The summed E-state index contributed by atoms with van der Waals surface area (Å²) in [6.07, 6.45) is 0. The first-order chi connectivity index (χ1) is 6.29. The van der Waals surface area contributed by atoms with Crippen LogP contribution in [0.4, 0.5) is 0 Å². The van der Waals surface area contributed by atoms with E-state index in [1.165, 1.54) is 0 Å². The normalized spacial score (nSPS) is 11.0. The average Bonchev–Trinajstić information content (AvgIpc) is 2.17. The highest BCUT2D eigenvalue weighted by Gasteiger charge is 2.09. The second-order valence-electron chi connectivity index (χ2n) is 2.94. The minimum atomic E-state index is -2.68. The van der Waals surface area contributed by atoms with Crippen LogP contribution >= 0.6 is 0 Å². The standard InChI is InChI=1S/C10H10O2Si/c11-13(12)10-7-3-5-8-4-1-2-6-9(8)10/h1-7,11-13H. The topological polar surface area (TPSA) is 40.5 Å². The van der Waals surface area contributed by atoms with E-state index in [1.54, 1.807) is 6.07 Å². The summed E-state index contributed by atoms with van der Waals surface area (Å²) >= 11 is 0. The van der Waals surface area contributed by atoms with Gasteiger partial charge in [0.25, 0.3) is 0 Å². The van der Waals surface area contributed by atoms with Crippen molar-refractivity contribution in [3.8, 4) is 0 Å². The molecule has 0 spiro atoms. The van der Waals surface area contributed by atoms with Crippen molar-refractivity contribution in [2.75, 3.05) is 0 Å². The maximum absolute atomic E-state index is 9.22. The summed E-state index contributed by atoms with van der Waals surface area (Å²) in [4.78, 5) is 18.4. The van der Waals surface area contributed by atoms with Crippen molar-refractivity contribution in [1.82, 2.24) is 0 Å². The number of rotatable bonds is 1. The summed E-state index contributed by atoms with van der Waals surface area (Å²) < 4.78 is 0. The molecule has 0 aliphatic carbocycles. The third kappa shape index (κ3) is 1.49. The van der Waals surface area contributed by atoms with Gasteiger partial charge >= 0.3 is 9.28 Å². The predicted octanol–water partition coefficient (Wildman–Crippen LogP) is 0.252. The number of hydrogen-bond acceptors (Lipinski definition) is 2. The van der Waals surface area contributed by atoms with Gasteiger partial charge in [0.1, 0.15) is 0 Å². The second-order valence-corrected chi connectivity index (χ2v) is 4.31. The van der Waals surface area contributed by atoms with Crippen LogP contribution in [0.1, 0.15) is 0 Å². The van der Waals surface area contributed by atoms with E-state index in [4.69, 9.17) is 0 Å². The molecule has 0 amide bonds. The van der Waals surface area contributed by atoms with E-state index in [0.29, 0.717) is 5.19 Å². The van der Waals surface area contributed by atoms with Crippen LogP contribution in [0.5, 0.6) is 0 Å². The average molecular weight is 190 g/mol. The van der Waals surface area contributed by atoms with Gasteiger partial charge in [0.15, 0.2) is 0 Å². The van der Waals surface area contributed by atoms with Crippen LogP contribution in [0.25, 0.3) is 10.8 Å². The van der Waals surface area contributed by atoms with Gasteiger partial charge in [-0.25, -0.2) is 0 Å². The summed E-state index contributed by atoms with van der Waals surface area (Å²) in [6, 6.07) is 13.3. The molecule has 0 atom stereocenters. The fourth-order valence-corrected chi connectivity index (χ4v) is 2.30. The van der Waals surface area contributed by atoms with Crippen molar-refractivity contribution in [3.63, 3.8) is 0 Å². The Morgan fingerprint density at radius 2 is 1.54 bits per heavy atom. The second kappa shape index (κ2) is 3.30. The molecule has 2 rings (SSSR count). The molecular weight excluding hydrogens is 180 g/mol. The molecule has 0 bridgehead atoms. The van der Waals surface area contributed by atoms with E-state index in [2.05, 4.69) is 0 Å². The largest absolute Gasteiger partial charge is 0.410 e. The third-order valence-electron chi connectivity index (χ3n) is 2.10. The van der Waals surface area contributed by atoms with E-state index in [9.17, 15) is 9.59 Å². The number of fused-ring (bicyclic) bond motifs is 1. The molecular formula is C10H10O2Si. The zero-order valence-corrected chi connectivity index (χ0v) is 8.17. The SMILES string of the molecule is O[SiH](O)c1cccc2ccccc12. The first kappa shape index (κ1) is 8.44. The lowest BCUT2D eigenvalue weighted by Crippen LogP contribution is -2.30. The molecule has 2 aromatic rings. The van der Waals surface area contributed by atoms with Crippen LogP contribution in [0.3, 0.4) is 0 Å². The van der Waals surface area contributed by atoms with E-state index in [1.807, 2.05) is 36.4 Å². The molecule has 0 heterocycles. The van der Waals surface area contributed by atoms with E-state index in [0.717, 1.165) is 10.8 Å². The van der Waals surface area contributed by atoms with Crippen LogP contribution in [-0.2, 0) is 0 Å². The lowest BCUT2D eigenvalue weighted by atomic mass is 10.1. The Balaban J connectivity index is 2.76. The number of benzene rings is 2. The fraction of sp³-hybridized carbons (Fsp3) is 0. The van der Waals surface area contributed by atoms with Gasteiger partial charge in [0.05, 0.1) is 0 Å². The van der Waals surface area contributed by atoms with Gasteiger partial charge in [-0.3, -0.25) is 0 Å². The van der Waals surface area contributed by atoms with Crippen molar-refractivity contribution < 1.29 is 9.59 Å². The Labute approximate surface area is 77.9 Å². The maximum atomic E-state index is 9.22. The molecule has 0 aliphatic heterocycles. The number of hydrogen-bond donors (Lipinski definition) is 2. The molecule has 0 saturated heterocycles. The van der Waals surface area contributed by atoms with E-state index < -0.39 is 9.28 Å². The van der Waals surface area contributed by atoms with E-state index in [-0.39, 0.29) is 0 Å². The summed E-state index contributed by atoms with van der Waals surface area (Å²) in [7, 11) is -2.68. The summed E-state index contributed by atoms with van der Waals surface area (Å²) in [6.45, 7) is 0. The van der Waals surface area contributed by atoms with Gasteiger partial charge in [-0.2, -0.15) is 0 Å². The smallest absolute Gasteiger partial charge is 0.351 e. The Morgan fingerprint density at radius 1 is 0.846 bits per heavy atom. The molecule has 2 aromatic carbocycles. The Hall–Kier alpha value is -1.16. The molecule has 0 aliphatic rings. The van der Waals surface area contributed by atoms with Crippen LogP contribution in [-0.4, -0.2) is 18.9 Å². The highest BCUT2D eigenvalue weighted by molar-refractivity contribution is 6.61. The fourth-order valence-electron chi connectivity index (χ4n) is 1.48. The van der Waals surface area contributed by atoms with Crippen LogP contribution in [0, 0.1) is 0 Å². The minimum Gasteiger partial charge on any atom is -0.410 e. The molecule has 0 unspecified atom stereocenters. The van der Waals surface area contributed by atoms with Gasteiger partial charge in [-0.1, -0.05) is 42.5 Å². The highest BCUT2D eigenvalue weighted by Crippen LogP contribution is 2.10. The minimum absolute atomic E-state index is 0.693. The Morgan fingerprint density at radius 3 is 2.31 bits per heavy atom. The van der Waals surface area contributed by atoms with Crippen molar-refractivity contribution in [1.29, 1.82) is 0 Å². The molecule has 2 nitrogen and oxygen atoms in total. The maximum Gasteiger partial charge on any atom is 0.351 e. The molecule has 0 aromatic heterocycles. The molecule has 0 saturated carbocycles. The van der Waals surface area contributed by atoms with Crippen molar-refractivity contribution in [2.45, 2.75) is 0 Å². The van der Waals surface area contributed by atoms with E-state index >= 15 is 0 Å². The summed E-state index contributed by atoms with van der Waals surface area (Å²) in [5.41, 5.74) is 0. The summed E-state index contributed by atoms with van der Waals surface area (Å²) in [5, 5.41) is 2.70. The zero-order chi connectivity index (χ0) is 9.26. The Kier molecular flexibility index (Phi) is 2.14. The molecule has 2 N–H and O–H groups in total. The van der Waals surface area contributed by atoms with Crippen molar-refractivity contribution in [2.24, 2.45) is 0 Å². The first-order valence-corrected chi connectivity index (χ1v) is 5.74. The highest BCUT2D eigenvalue weighted by atomic mass is 28.3. The molecule has 13 heavy (non-hydrogen) atoms. The molecule has 0 fully saturated rings. The van der Waals surface area contributed by atoms with Gasteiger partial charge in [-0.05, 0) is 16.0 Å². The van der Waals surface area contributed by atoms with Gasteiger partial charge in [0.2, 0.25) is 0 Å². The quantitative estimate of drug-likeness (QED) is 0.633. The van der Waals surface area contributed by atoms with Crippen molar-refractivity contribution in [3.05, 3.63) is 42.5 Å². The zero-order valence-electron chi connectivity index (χ0n) is 7.01. The lowest BCUT2D eigenvalue weighted by Gasteiger charge is -2.05. The third-order valence-corrected chi connectivity index (χ3v) is 3.16. The van der Waals surface area contributed by atoms with Crippen LogP contribution in [0.15, 0.2) is 42.5 Å². The first-order valence-electron chi connectivity index (χ1n) is 4.13. The molecule has 0 radical (unpaired) electrons.